The molecule has 0 amide bonds. The molecule has 0 radical (unpaired) electrons. The molecule has 15 heteroatoms. The number of nitriles is 2. The van der Waals surface area contributed by atoms with Gasteiger partial charge in [0.25, 0.3) is 0 Å². The van der Waals surface area contributed by atoms with Crippen molar-refractivity contribution in [2.45, 2.75) is 6.18 Å². The van der Waals surface area contributed by atoms with E-state index in [4.69, 9.17) is 0 Å². The van der Waals surface area contributed by atoms with Crippen molar-refractivity contribution < 1.29 is 13.2 Å². The summed E-state index contributed by atoms with van der Waals surface area (Å²) in [4.78, 5) is 36.3. The molecule has 0 N–H and O–H groups in total. The second-order valence-electron chi connectivity index (χ2n) is 16.3. The highest BCUT2D eigenvalue weighted by molar-refractivity contribution is 6.13. The number of hydrogen-bond acceptors (Lipinski definition) is 10. The third-order valence-electron chi connectivity index (χ3n) is 12.3. The monoisotopic (exact) mass is 914 g/mol. The van der Waals surface area contributed by atoms with Gasteiger partial charge in [0, 0.05) is 98.9 Å². The van der Waals surface area contributed by atoms with Gasteiger partial charge in [-0.3, -0.25) is 0 Å². The van der Waals surface area contributed by atoms with Crippen LogP contribution < -0.4 is 0 Å². The maximum Gasteiger partial charge on any atom is 0.416 e. The van der Waals surface area contributed by atoms with E-state index < -0.39 is 11.7 Å². The second kappa shape index (κ2) is 16.4. The Hall–Kier alpha value is -9.99. The van der Waals surface area contributed by atoms with Gasteiger partial charge in [0.05, 0.1) is 50.6 Å². The molecule has 330 valence electrons. The number of rotatable bonds is 7. The summed E-state index contributed by atoms with van der Waals surface area (Å²) in [6.07, 6.45) is 8.40. The lowest BCUT2D eigenvalue weighted by atomic mass is 9.95. The molecule has 0 spiro atoms. The van der Waals surface area contributed by atoms with E-state index in [9.17, 15) is 23.7 Å². The standard InChI is InChI=1S/C55H29F3N12/c56-55(57,58)38-24-32(30-59)23-37(25-38)39-13-14-45(69-46-26-33(51-61-15-1-16-62-51)5-9-40(46)41-10-6-34(27-47(41)69)52-63-17-2-18-64-52)44(31-60)50(39)70-48-28-35(53-65-19-3-20-66-53)7-11-42(48)43-12-8-36(29-49(43)70)54-67-21-4-22-68-54/h1-29H. The molecule has 12 nitrogen and oxygen atoms in total. The van der Waals surface area contributed by atoms with Crippen LogP contribution in [0.2, 0.25) is 0 Å². The number of fused-ring (bicyclic) bond motifs is 6. The summed E-state index contributed by atoms with van der Waals surface area (Å²) in [5.41, 5.74) is 5.18. The minimum absolute atomic E-state index is 0.0683. The topological polar surface area (TPSA) is 161 Å². The zero-order valence-electron chi connectivity index (χ0n) is 36.2. The molecule has 12 aromatic rings. The third kappa shape index (κ3) is 6.92. The van der Waals surface area contributed by atoms with Gasteiger partial charge >= 0.3 is 6.18 Å². The van der Waals surface area contributed by atoms with Gasteiger partial charge in [-0.05, 0) is 78.4 Å². The molecule has 0 aliphatic heterocycles. The minimum atomic E-state index is -4.80. The molecule has 6 aromatic carbocycles. The Morgan fingerprint density at radius 3 is 1.14 bits per heavy atom. The van der Waals surface area contributed by atoms with Crippen molar-refractivity contribution in [3.63, 3.8) is 0 Å². The summed E-state index contributed by atoms with van der Waals surface area (Å²) in [5, 5.41) is 25.3. The number of hydrogen-bond donors (Lipinski definition) is 0. The van der Waals surface area contributed by atoms with Crippen molar-refractivity contribution in [2.75, 3.05) is 0 Å². The highest BCUT2D eigenvalue weighted by Gasteiger charge is 2.33. The van der Waals surface area contributed by atoms with Crippen molar-refractivity contribution in [2.24, 2.45) is 0 Å². The molecule has 0 fully saturated rings. The number of alkyl halides is 3. The van der Waals surface area contributed by atoms with Crippen LogP contribution in [0.1, 0.15) is 16.7 Å². The van der Waals surface area contributed by atoms with Gasteiger partial charge in [-0.1, -0.05) is 54.6 Å². The average molecular weight is 915 g/mol. The first-order chi connectivity index (χ1) is 34.2. The molecular weight excluding hydrogens is 886 g/mol. The first kappa shape index (κ1) is 41.4. The molecule has 6 aromatic heterocycles. The summed E-state index contributed by atoms with van der Waals surface area (Å²) in [5.74, 6) is 1.84. The van der Waals surface area contributed by atoms with Crippen LogP contribution in [0.25, 0.3) is 112 Å². The Labute approximate surface area is 395 Å². The van der Waals surface area contributed by atoms with Gasteiger partial charge in [-0.25, -0.2) is 39.9 Å². The molecule has 6 heterocycles. The molecular formula is C55H29F3N12. The Morgan fingerprint density at radius 1 is 0.400 bits per heavy atom. The maximum absolute atomic E-state index is 14.8. The van der Waals surface area contributed by atoms with Crippen LogP contribution in [-0.4, -0.2) is 49.0 Å². The third-order valence-corrected chi connectivity index (χ3v) is 12.3. The lowest BCUT2D eigenvalue weighted by Crippen LogP contribution is -2.08. The normalized spacial score (nSPS) is 11.6. The van der Waals surface area contributed by atoms with Crippen LogP contribution in [0.3, 0.4) is 0 Å². The highest BCUT2D eigenvalue weighted by atomic mass is 19.4. The van der Waals surface area contributed by atoms with Crippen LogP contribution in [0.5, 0.6) is 0 Å². The molecule has 0 aliphatic rings. The summed E-state index contributed by atoms with van der Waals surface area (Å²) in [7, 11) is 0. The van der Waals surface area contributed by atoms with Crippen LogP contribution in [0, 0.1) is 22.7 Å². The predicted octanol–water partition coefficient (Wildman–Crippen LogP) is 12.1. The Kier molecular flexibility index (Phi) is 9.71. The van der Waals surface area contributed by atoms with Crippen LogP contribution >= 0.6 is 0 Å². The SMILES string of the molecule is N#Cc1cc(-c2ccc(-n3c4cc(-c5ncccn5)ccc4c4ccc(-c5ncccn5)cc43)c(C#N)c2-n2c3cc(-c4ncccn4)ccc3c3ccc(-c4ncccn4)cc32)cc(C(F)(F)F)c1. The van der Waals surface area contributed by atoms with E-state index in [0.29, 0.717) is 73.3 Å². The van der Waals surface area contributed by atoms with Crippen molar-refractivity contribution in [1.82, 2.24) is 49.0 Å². The minimum Gasteiger partial charge on any atom is -0.308 e. The molecule has 0 saturated heterocycles. The molecule has 0 aliphatic carbocycles. The van der Waals surface area contributed by atoms with E-state index in [0.717, 1.165) is 33.7 Å². The molecule has 70 heavy (non-hydrogen) atoms. The van der Waals surface area contributed by atoms with Gasteiger partial charge in [0.15, 0.2) is 23.3 Å². The van der Waals surface area contributed by atoms with Crippen LogP contribution in [0.4, 0.5) is 13.2 Å². The van der Waals surface area contributed by atoms with E-state index in [1.807, 2.05) is 88.0 Å². The fourth-order valence-electron chi connectivity index (χ4n) is 9.24. The van der Waals surface area contributed by atoms with Crippen molar-refractivity contribution in [3.05, 3.63) is 194 Å². The van der Waals surface area contributed by atoms with Gasteiger partial charge in [-0.15, -0.1) is 0 Å². The van der Waals surface area contributed by atoms with Crippen LogP contribution in [0.15, 0.2) is 177 Å². The molecule has 0 atom stereocenters. The van der Waals surface area contributed by atoms with Gasteiger partial charge < -0.3 is 9.13 Å². The van der Waals surface area contributed by atoms with E-state index in [1.165, 1.54) is 6.07 Å². The summed E-state index contributed by atoms with van der Waals surface area (Å²) in [6.45, 7) is 0. The van der Waals surface area contributed by atoms with Gasteiger partial charge in [-0.2, -0.15) is 23.7 Å². The fourth-order valence-corrected chi connectivity index (χ4v) is 9.24. The summed E-state index contributed by atoms with van der Waals surface area (Å²) < 4.78 is 48.2. The van der Waals surface area contributed by atoms with Crippen LogP contribution in [-0.2, 0) is 6.18 Å². The van der Waals surface area contributed by atoms with E-state index >= 15 is 0 Å². The quantitative estimate of drug-likeness (QED) is 0.150. The highest BCUT2D eigenvalue weighted by Crippen LogP contribution is 2.45. The second-order valence-corrected chi connectivity index (χ2v) is 16.3. The lowest BCUT2D eigenvalue weighted by Gasteiger charge is -2.21. The van der Waals surface area contributed by atoms with E-state index in [-0.39, 0.29) is 27.9 Å². The Balaban J connectivity index is 1.26. The molecule has 12 rings (SSSR count). The zero-order chi connectivity index (χ0) is 47.5. The summed E-state index contributed by atoms with van der Waals surface area (Å²) >= 11 is 0. The first-order valence-electron chi connectivity index (χ1n) is 21.7. The zero-order valence-corrected chi connectivity index (χ0v) is 36.2. The summed E-state index contributed by atoms with van der Waals surface area (Å²) in [6, 6.07) is 41.4. The predicted molar refractivity (Wildman–Crippen MR) is 259 cm³/mol. The Bertz CT molecular complexity index is 3930. The van der Waals surface area contributed by atoms with E-state index in [2.05, 4.69) is 45.9 Å². The number of halogens is 3. The molecule has 0 unspecified atom stereocenters. The van der Waals surface area contributed by atoms with E-state index in [1.54, 1.807) is 86.0 Å². The largest absolute Gasteiger partial charge is 0.416 e. The number of aromatic nitrogens is 10. The van der Waals surface area contributed by atoms with Crippen molar-refractivity contribution in [3.8, 4) is 80.2 Å². The number of benzene rings is 6. The average Bonchev–Trinajstić information content (AvgIpc) is 3.92. The maximum atomic E-state index is 14.8. The van der Waals surface area contributed by atoms with Gasteiger partial charge in [0.1, 0.15) is 11.6 Å². The molecule has 0 saturated carbocycles. The smallest absolute Gasteiger partial charge is 0.308 e. The lowest BCUT2D eigenvalue weighted by molar-refractivity contribution is -0.137. The fraction of sp³-hybridized carbons (Fsp3) is 0.0182. The van der Waals surface area contributed by atoms with Crippen molar-refractivity contribution >= 4 is 43.6 Å². The molecule has 0 bridgehead atoms. The first-order valence-corrected chi connectivity index (χ1v) is 21.7. The Morgan fingerprint density at radius 2 is 0.786 bits per heavy atom. The number of nitrogens with zero attached hydrogens (tertiary/aromatic N) is 12. The van der Waals surface area contributed by atoms with Gasteiger partial charge in [0.2, 0.25) is 0 Å². The van der Waals surface area contributed by atoms with Crippen molar-refractivity contribution in [1.29, 1.82) is 10.5 Å².